The molecule has 8 N–H and O–H groups in total. The summed E-state index contributed by atoms with van der Waals surface area (Å²) in [6.07, 6.45) is 1.92. The number of piperidine rings is 1. The SMILES string of the molecule is CC[C@H](C)[C@@H](C(=O)NCC(=O)N(C)C(CC(C)C)C(=O)N[C@@H](CC(C)C)C(=O)N[C@@H](CC(=O)N(C)[C@@H](C)C(=O)N[C@@H](CC(C)C)C(=O)N(C)[C@@H](C)C(N)=O)C(=O)N1CCCCC1)N(C)C(=O)[C@H](Cc1ccccc1)NC(=O)[C@H](Cc1ccccc1)N(C)C(=O)[C@@H]1CCCN1C(=O)[C@@H](C)O. The fourth-order valence-corrected chi connectivity index (χ4v) is 12.5. The van der Waals surface area contributed by atoms with E-state index < -0.39 is 162 Å². The van der Waals surface area contributed by atoms with Crippen molar-refractivity contribution in [1.29, 1.82) is 0 Å². The largest absolute Gasteiger partial charge is 0.384 e. The topological polar surface area (TPSA) is 351 Å². The normalized spacial score (nSPS) is 17.2. The van der Waals surface area contributed by atoms with Gasteiger partial charge in [-0.2, -0.15) is 0 Å². The fraction of sp³-hybridized carbons (Fsp3) is 0.653. The Labute approximate surface area is 585 Å². The van der Waals surface area contributed by atoms with Crippen molar-refractivity contribution < 1.29 is 67.4 Å². The molecule has 0 aliphatic carbocycles. The number of benzene rings is 2. The van der Waals surface area contributed by atoms with Crippen molar-refractivity contribution in [3.8, 4) is 0 Å². The lowest BCUT2D eigenvalue weighted by Crippen LogP contribution is -2.60. The summed E-state index contributed by atoms with van der Waals surface area (Å²) in [4.78, 5) is 193. The van der Waals surface area contributed by atoms with Crippen LogP contribution in [0.4, 0.5) is 0 Å². The molecule has 0 saturated carbocycles. The number of likely N-dealkylation sites (N-methyl/N-ethyl adjacent to an activating group) is 5. The van der Waals surface area contributed by atoms with Gasteiger partial charge < -0.3 is 71.7 Å². The zero-order valence-corrected chi connectivity index (χ0v) is 61.2. The molecule has 13 amide bonds. The van der Waals surface area contributed by atoms with Crippen LogP contribution in [-0.4, -0.2) is 244 Å². The zero-order chi connectivity index (χ0) is 74.3. The lowest BCUT2D eigenvalue weighted by molar-refractivity contribution is -0.150. The predicted molar refractivity (Wildman–Crippen MR) is 374 cm³/mol. The average molecular weight is 1380 g/mol. The summed E-state index contributed by atoms with van der Waals surface area (Å²) in [6, 6.07) is 6.15. The standard InChI is InChI=1S/C72H113N13O14/c1-17-46(8)61(83(16)70(97)54(39-50-28-21-18-22-29-50)78-66(93)58(40-51-30-23-19-24-31-51)82(15)72(99)56-32-27-35-85(56)68(95)49(11)86)67(94)74-42-60(88)81(14)57(38-45(6)7)65(92)75-52(36-43(2)3)64(91)77-55(71(98)84-33-25-20-26-34-84)41-59(87)79(12)48(10)63(90)76-53(37-44(4)5)69(96)80(13)47(9)62(73)89/h18-19,21-24,28-31,43-49,52-58,61,86H,17,20,25-27,32-42H2,1-16H3,(H2,73,89)(H,74,94)(H,75,92)(H,76,90)(H,77,91)(H,78,93)/t46-,47-,48-,49+,52-,53-,54-,55-,56-,57?,58-,61-/m0/s1. The smallest absolute Gasteiger partial charge is 0.251 e. The number of nitrogens with one attached hydrogen (secondary N) is 5. The second-order valence-electron chi connectivity index (χ2n) is 28.2. The molecule has 12 atom stereocenters. The third-order valence-electron chi connectivity index (χ3n) is 19.0. The lowest BCUT2D eigenvalue weighted by atomic mass is 9.95. The van der Waals surface area contributed by atoms with Gasteiger partial charge in [-0.3, -0.25) is 62.3 Å². The molecule has 0 radical (unpaired) electrons. The maximum absolute atomic E-state index is 15.1. The Bertz CT molecular complexity index is 3090. The first kappa shape index (κ1) is 82.9. The zero-order valence-electron chi connectivity index (χ0n) is 61.2. The second kappa shape index (κ2) is 39.3. The monoisotopic (exact) mass is 1380 g/mol. The van der Waals surface area contributed by atoms with Crippen LogP contribution in [0.3, 0.4) is 0 Å². The third-order valence-corrected chi connectivity index (χ3v) is 19.0. The summed E-state index contributed by atoms with van der Waals surface area (Å²) in [6.45, 7) is 19.3. The summed E-state index contributed by atoms with van der Waals surface area (Å²) in [5.41, 5.74) is 6.85. The number of nitrogens with zero attached hydrogens (tertiary/aromatic N) is 7. The maximum Gasteiger partial charge on any atom is 0.251 e. The molecule has 2 fully saturated rings. The van der Waals surface area contributed by atoms with Crippen LogP contribution in [-0.2, 0) is 75.2 Å². The molecule has 550 valence electrons. The Kier molecular flexibility index (Phi) is 33.0. The van der Waals surface area contributed by atoms with Crippen molar-refractivity contribution in [2.45, 2.75) is 220 Å². The molecule has 2 saturated heterocycles. The molecule has 2 aromatic carbocycles. The van der Waals surface area contributed by atoms with E-state index in [2.05, 4.69) is 26.6 Å². The third kappa shape index (κ3) is 24.1. The second-order valence-corrected chi connectivity index (χ2v) is 28.2. The molecule has 0 aromatic heterocycles. The van der Waals surface area contributed by atoms with E-state index in [0.717, 1.165) is 16.2 Å². The number of likely N-dealkylation sites (tertiary alicyclic amines) is 2. The van der Waals surface area contributed by atoms with Gasteiger partial charge in [0.15, 0.2) is 0 Å². The molecule has 2 aliphatic heterocycles. The number of carbonyl (C=O) groups excluding carboxylic acids is 13. The highest BCUT2D eigenvalue weighted by Gasteiger charge is 2.43. The van der Waals surface area contributed by atoms with Gasteiger partial charge in [-0.25, -0.2) is 0 Å². The molecule has 0 spiro atoms. The van der Waals surface area contributed by atoms with Gasteiger partial charge in [-0.1, -0.05) is 122 Å². The average Bonchev–Trinajstić information content (AvgIpc) is 1.80. The van der Waals surface area contributed by atoms with Crippen LogP contribution in [0.5, 0.6) is 0 Å². The van der Waals surface area contributed by atoms with Crippen molar-refractivity contribution in [3.05, 3.63) is 71.8 Å². The Hall–Kier alpha value is -8.49. The summed E-state index contributed by atoms with van der Waals surface area (Å²) in [7, 11) is 7.07. The first-order valence-corrected chi connectivity index (χ1v) is 35.0. The summed E-state index contributed by atoms with van der Waals surface area (Å²) in [5, 5.41) is 24.1. The molecule has 99 heavy (non-hydrogen) atoms. The van der Waals surface area contributed by atoms with Gasteiger partial charge in [0.1, 0.15) is 66.5 Å². The quantitative estimate of drug-likeness (QED) is 0.0514. The van der Waals surface area contributed by atoms with Crippen molar-refractivity contribution in [1.82, 2.24) is 60.9 Å². The number of primary amides is 1. The number of carbonyl (C=O) groups is 13. The first-order chi connectivity index (χ1) is 46.5. The van der Waals surface area contributed by atoms with E-state index in [4.69, 9.17) is 5.73 Å². The molecular weight excluding hydrogens is 1270 g/mol. The van der Waals surface area contributed by atoms with Crippen LogP contribution in [0, 0.1) is 23.7 Å². The highest BCUT2D eigenvalue weighted by molar-refractivity contribution is 5.99. The number of amides is 13. The number of aliphatic hydroxyl groups excluding tert-OH is 1. The van der Waals surface area contributed by atoms with Gasteiger partial charge in [0, 0.05) is 67.7 Å². The molecule has 1 unspecified atom stereocenters. The van der Waals surface area contributed by atoms with Crippen molar-refractivity contribution in [3.63, 3.8) is 0 Å². The highest BCUT2D eigenvalue weighted by atomic mass is 16.3. The number of aliphatic hydroxyl groups is 1. The Balaban J connectivity index is 1.57. The van der Waals surface area contributed by atoms with E-state index in [9.17, 15) is 62.6 Å². The van der Waals surface area contributed by atoms with Crippen LogP contribution < -0.4 is 32.3 Å². The fourth-order valence-electron chi connectivity index (χ4n) is 12.5. The van der Waals surface area contributed by atoms with Gasteiger partial charge in [0.2, 0.25) is 70.9 Å². The van der Waals surface area contributed by atoms with E-state index in [0.29, 0.717) is 56.3 Å². The predicted octanol–water partition coefficient (Wildman–Crippen LogP) is 2.15. The van der Waals surface area contributed by atoms with Crippen LogP contribution in [0.15, 0.2) is 60.7 Å². The summed E-state index contributed by atoms with van der Waals surface area (Å²) < 4.78 is 0. The highest BCUT2D eigenvalue weighted by Crippen LogP contribution is 2.24. The van der Waals surface area contributed by atoms with Crippen molar-refractivity contribution >= 4 is 76.8 Å². The number of nitrogens with two attached hydrogens (primary N) is 1. The van der Waals surface area contributed by atoms with Crippen molar-refractivity contribution in [2.24, 2.45) is 29.4 Å². The van der Waals surface area contributed by atoms with E-state index in [1.54, 1.807) is 66.4 Å². The Morgan fingerprint density at radius 2 is 1.01 bits per heavy atom. The van der Waals surface area contributed by atoms with Gasteiger partial charge in [-0.15, -0.1) is 0 Å². The Morgan fingerprint density at radius 3 is 1.55 bits per heavy atom. The van der Waals surface area contributed by atoms with Crippen LogP contribution in [0.2, 0.25) is 0 Å². The number of rotatable bonds is 36. The van der Waals surface area contributed by atoms with E-state index >= 15 is 4.79 Å². The van der Waals surface area contributed by atoms with Crippen molar-refractivity contribution in [2.75, 3.05) is 61.4 Å². The lowest BCUT2D eigenvalue weighted by Gasteiger charge is -2.36. The number of hydrogen-bond acceptors (Lipinski definition) is 14. The minimum atomic E-state index is -1.44. The molecule has 2 aliphatic rings. The van der Waals surface area contributed by atoms with E-state index in [1.165, 1.54) is 75.6 Å². The molecule has 4 rings (SSSR count). The van der Waals surface area contributed by atoms with Crippen LogP contribution >= 0.6 is 0 Å². The minimum absolute atomic E-state index is 0.0237. The molecule has 0 bridgehead atoms. The summed E-state index contributed by atoms with van der Waals surface area (Å²) >= 11 is 0. The van der Waals surface area contributed by atoms with Gasteiger partial charge >= 0.3 is 0 Å². The Morgan fingerprint density at radius 1 is 0.505 bits per heavy atom. The molecule has 2 aromatic rings. The van der Waals surface area contributed by atoms with Gasteiger partial charge in [0.25, 0.3) is 5.91 Å². The summed E-state index contributed by atoms with van der Waals surface area (Å²) in [5.74, 6) is -9.53. The van der Waals surface area contributed by atoms with Gasteiger partial charge in [0.05, 0.1) is 13.0 Å². The minimum Gasteiger partial charge on any atom is -0.384 e. The van der Waals surface area contributed by atoms with Gasteiger partial charge in [-0.05, 0) is 107 Å². The van der Waals surface area contributed by atoms with E-state index in [1.807, 2.05) is 54.5 Å². The molecule has 27 nitrogen and oxygen atoms in total. The van der Waals surface area contributed by atoms with E-state index in [-0.39, 0.29) is 56.4 Å². The molecule has 2 heterocycles. The first-order valence-electron chi connectivity index (χ1n) is 35.0. The maximum atomic E-state index is 15.1. The van der Waals surface area contributed by atoms with Crippen LogP contribution in [0.25, 0.3) is 0 Å². The van der Waals surface area contributed by atoms with Crippen LogP contribution in [0.1, 0.15) is 151 Å². The molecule has 27 heteroatoms. The number of hydrogen-bond donors (Lipinski definition) is 7. The molecular formula is C72H113N13O14.